The number of nitrogens with zero attached hydrogens (tertiary/aromatic N) is 2. The van der Waals surface area contributed by atoms with E-state index in [4.69, 9.17) is 21.7 Å². The predicted molar refractivity (Wildman–Crippen MR) is 137 cm³/mol. The maximum atomic E-state index is 13.6. The van der Waals surface area contributed by atoms with Crippen LogP contribution in [0.2, 0.25) is 0 Å². The van der Waals surface area contributed by atoms with Crippen LogP contribution in [-0.4, -0.2) is 21.8 Å². The average molecular weight is 511 g/mol. The molecule has 178 valence electrons. The number of ether oxygens (including phenoxy) is 2. The molecule has 0 radical (unpaired) electrons. The molecule has 0 spiro atoms. The second-order valence-electron chi connectivity index (χ2n) is 7.35. The van der Waals surface area contributed by atoms with Gasteiger partial charge in [-0.1, -0.05) is 36.1 Å². The number of non-ortho nitro benzene ring substituents is 1. The summed E-state index contributed by atoms with van der Waals surface area (Å²) < 4.78 is 25.6. The molecule has 0 N–H and O–H groups in total. The van der Waals surface area contributed by atoms with E-state index in [0.29, 0.717) is 38.6 Å². The van der Waals surface area contributed by atoms with Crippen LogP contribution >= 0.6 is 24.0 Å². The molecule has 10 heteroatoms. The molecular weight excluding hydrogens is 491 g/mol. The number of rotatable bonds is 8. The van der Waals surface area contributed by atoms with Crippen molar-refractivity contribution in [3.63, 3.8) is 0 Å². The Morgan fingerprint density at radius 3 is 2.54 bits per heavy atom. The highest BCUT2D eigenvalue weighted by Gasteiger charge is 2.33. The van der Waals surface area contributed by atoms with Gasteiger partial charge in [0.1, 0.15) is 12.4 Å². The summed E-state index contributed by atoms with van der Waals surface area (Å²) in [5, 5.41) is 10.8. The van der Waals surface area contributed by atoms with E-state index in [1.807, 2.05) is 6.92 Å². The highest BCUT2D eigenvalue weighted by atomic mass is 32.2. The Bertz CT molecular complexity index is 1330. The van der Waals surface area contributed by atoms with Crippen molar-refractivity contribution in [3.8, 4) is 11.5 Å². The SMILES string of the molecule is CCOc1cc(/C=C2\SC(=S)N(c3cccc(F)c3)C2=O)ccc1OCc1ccc([N+](=O)[O-])cc1. The normalized spacial score (nSPS) is 14.5. The van der Waals surface area contributed by atoms with Gasteiger partial charge in [0.15, 0.2) is 15.8 Å². The van der Waals surface area contributed by atoms with E-state index in [1.165, 1.54) is 35.2 Å². The zero-order chi connectivity index (χ0) is 24.9. The monoisotopic (exact) mass is 510 g/mol. The van der Waals surface area contributed by atoms with Crippen molar-refractivity contribution in [1.82, 2.24) is 0 Å². The molecular formula is C25H19FN2O5S2. The minimum atomic E-state index is -0.456. The molecule has 0 aliphatic carbocycles. The first kappa shape index (κ1) is 24.4. The van der Waals surface area contributed by atoms with E-state index in [9.17, 15) is 19.3 Å². The van der Waals surface area contributed by atoms with Gasteiger partial charge in [-0.2, -0.15) is 0 Å². The number of benzene rings is 3. The number of carbonyl (C=O) groups is 1. The maximum Gasteiger partial charge on any atom is 0.270 e. The number of amides is 1. The molecule has 1 amide bonds. The summed E-state index contributed by atoms with van der Waals surface area (Å²) in [4.78, 5) is 25.0. The van der Waals surface area contributed by atoms with Gasteiger partial charge < -0.3 is 9.47 Å². The van der Waals surface area contributed by atoms with Crippen LogP contribution in [-0.2, 0) is 11.4 Å². The lowest BCUT2D eigenvalue weighted by molar-refractivity contribution is -0.384. The molecule has 7 nitrogen and oxygen atoms in total. The van der Waals surface area contributed by atoms with Crippen molar-refractivity contribution >= 4 is 51.7 Å². The van der Waals surface area contributed by atoms with Gasteiger partial charge >= 0.3 is 0 Å². The molecule has 0 atom stereocenters. The fourth-order valence-corrected chi connectivity index (χ4v) is 4.63. The van der Waals surface area contributed by atoms with Gasteiger partial charge in [-0.25, -0.2) is 4.39 Å². The molecule has 0 aromatic heterocycles. The van der Waals surface area contributed by atoms with Gasteiger partial charge in [-0.15, -0.1) is 0 Å². The fourth-order valence-electron chi connectivity index (χ4n) is 3.33. The van der Waals surface area contributed by atoms with Gasteiger partial charge in [0.05, 0.1) is 22.1 Å². The number of halogens is 1. The average Bonchev–Trinajstić information content (AvgIpc) is 3.11. The second kappa shape index (κ2) is 10.7. The first-order chi connectivity index (χ1) is 16.9. The Labute approximate surface area is 210 Å². The van der Waals surface area contributed by atoms with Crippen molar-refractivity contribution in [2.45, 2.75) is 13.5 Å². The zero-order valence-corrected chi connectivity index (χ0v) is 20.1. The lowest BCUT2D eigenvalue weighted by atomic mass is 10.1. The van der Waals surface area contributed by atoms with Gasteiger partial charge in [-0.3, -0.25) is 19.8 Å². The number of hydrogen-bond acceptors (Lipinski definition) is 7. The van der Waals surface area contributed by atoms with Crippen LogP contribution in [0.25, 0.3) is 6.08 Å². The van der Waals surface area contributed by atoms with Gasteiger partial charge in [0, 0.05) is 12.1 Å². The number of nitro groups is 1. The first-order valence-electron chi connectivity index (χ1n) is 10.5. The van der Waals surface area contributed by atoms with Crippen LogP contribution in [0.15, 0.2) is 71.6 Å². The Hall–Kier alpha value is -3.76. The Morgan fingerprint density at radius 2 is 1.86 bits per heavy atom. The molecule has 35 heavy (non-hydrogen) atoms. The summed E-state index contributed by atoms with van der Waals surface area (Å²) in [6.45, 7) is 2.44. The van der Waals surface area contributed by atoms with Crippen molar-refractivity contribution in [2.75, 3.05) is 11.5 Å². The van der Waals surface area contributed by atoms with Crippen molar-refractivity contribution in [1.29, 1.82) is 0 Å². The predicted octanol–water partition coefficient (Wildman–Crippen LogP) is 6.12. The molecule has 0 saturated carbocycles. The number of nitro benzene ring substituents is 1. The highest BCUT2D eigenvalue weighted by molar-refractivity contribution is 8.27. The number of hydrogen-bond donors (Lipinski definition) is 0. The summed E-state index contributed by atoms with van der Waals surface area (Å²) in [7, 11) is 0. The largest absolute Gasteiger partial charge is 0.490 e. The molecule has 3 aromatic rings. The standard InChI is InChI=1S/C25H19FN2O5S2/c1-2-32-22-12-17(8-11-21(22)33-15-16-6-9-19(10-7-16)28(30)31)13-23-24(29)27(25(34)35-23)20-5-3-4-18(26)14-20/h3-14H,2,15H2,1H3/b23-13-. The smallest absolute Gasteiger partial charge is 0.270 e. The minimum absolute atomic E-state index is 0.0101. The maximum absolute atomic E-state index is 13.6. The van der Waals surface area contributed by atoms with Crippen LogP contribution < -0.4 is 14.4 Å². The molecule has 3 aromatic carbocycles. The Kier molecular flexibility index (Phi) is 7.42. The number of carbonyl (C=O) groups excluding carboxylic acids is 1. The van der Waals surface area contributed by atoms with Gasteiger partial charge in [0.25, 0.3) is 11.6 Å². The molecule has 0 unspecified atom stereocenters. The van der Waals surface area contributed by atoms with E-state index in [-0.39, 0.29) is 18.2 Å². The number of thiocarbonyl (C=S) groups is 1. The third-order valence-corrected chi connectivity index (χ3v) is 6.27. The Balaban J connectivity index is 1.52. The lowest BCUT2D eigenvalue weighted by Crippen LogP contribution is -2.27. The van der Waals surface area contributed by atoms with Crippen LogP contribution in [0.5, 0.6) is 11.5 Å². The van der Waals surface area contributed by atoms with E-state index < -0.39 is 10.7 Å². The molecule has 1 saturated heterocycles. The van der Waals surface area contributed by atoms with Gasteiger partial charge in [-0.05, 0) is 66.6 Å². The third-order valence-electron chi connectivity index (χ3n) is 4.97. The molecule has 4 rings (SSSR count). The van der Waals surface area contributed by atoms with Crippen LogP contribution in [0.1, 0.15) is 18.1 Å². The third kappa shape index (κ3) is 5.67. The summed E-state index contributed by atoms with van der Waals surface area (Å²) in [6, 6.07) is 17.1. The molecule has 1 heterocycles. The second-order valence-corrected chi connectivity index (χ2v) is 9.02. The summed E-state index contributed by atoms with van der Waals surface area (Å²) in [5.41, 5.74) is 1.86. The molecule has 1 aliphatic rings. The van der Waals surface area contributed by atoms with E-state index in [1.54, 1.807) is 42.5 Å². The topological polar surface area (TPSA) is 81.9 Å². The number of thioether (sulfide) groups is 1. The summed E-state index contributed by atoms with van der Waals surface area (Å²) in [6.07, 6.45) is 1.70. The van der Waals surface area contributed by atoms with Crippen molar-refractivity contribution in [3.05, 3.63) is 98.7 Å². The highest BCUT2D eigenvalue weighted by Crippen LogP contribution is 2.37. The molecule has 1 fully saturated rings. The van der Waals surface area contributed by atoms with E-state index >= 15 is 0 Å². The first-order valence-corrected chi connectivity index (χ1v) is 11.7. The van der Waals surface area contributed by atoms with Crippen LogP contribution in [0.3, 0.4) is 0 Å². The molecule has 0 bridgehead atoms. The van der Waals surface area contributed by atoms with Crippen molar-refractivity contribution in [2.24, 2.45) is 0 Å². The zero-order valence-electron chi connectivity index (χ0n) is 18.5. The lowest BCUT2D eigenvalue weighted by Gasteiger charge is -2.14. The minimum Gasteiger partial charge on any atom is -0.490 e. The quantitative estimate of drug-likeness (QED) is 0.156. The van der Waals surface area contributed by atoms with E-state index in [2.05, 4.69) is 0 Å². The number of anilines is 1. The van der Waals surface area contributed by atoms with Crippen molar-refractivity contribution < 1.29 is 23.6 Å². The van der Waals surface area contributed by atoms with Crippen LogP contribution in [0, 0.1) is 15.9 Å². The fraction of sp³-hybridized carbons (Fsp3) is 0.120. The molecule has 1 aliphatic heterocycles. The van der Waals surface area contributed by atoms with Crippen LogP contribution in [0.4, 0.5) is 15.8 Å². The summed E-state index contributed by atoms with van der Waals surface area (Å²) >= 11 is 6.49. The Morgan fingerprint density at radius 1 is 1.09 bits per heavy atom. The summed E-state index contributed by atoms with van der Waals surface area (Å²) in [5.74, 6) is 0.201. The van der Waals surface area contributed by atoms with Gasteiger partial charge in [0.2, 0.25) is 0 Å². The van der Waals surface area contributed by atoms with E-state index in [0.717, 1.165) is 17.3 Å².